The van der Waals surface area contributed by atoms with Crippen molar-refractivity contribution in [3.8, 4) is 0 Å². The number of ketones is 1. The summed E-state index contributed by atoms with van der Waals surface area (Å²) in [5.41, 5.74) is 0. The average Bonchev–Trinajstić information content (AvgIpc) is 2.26. The Morgan fingerprint density at radius 2 is 1.89 bits per heavy atom. The lowest BCUT2D eigenvalue weighted by atomic mass is 10.2. The maximum atomic E-state index is 11.5. The molecule has 0 radical (unpaired) electrons. The molecule has 0 aromatic rings. The van der Waals surface area contributed by atoms with Crippen LogP contribution < -0.4 is 5.32 Å². The first kappa shape index (κ1) is 16.1. The van der Waals surface area contributed by atoms with Gasteiger partial charge in [-0.2, -0.15) is 0 Å². The van der Waals surface area contributed by atoms with E-state index < -0.39 is 12.0 Å². The lowest BCUT2D eigenvalue weighted by molar-refractivity contribution is -0.147. The van der Waals surface area contributed by atoms with E-state index in [1.165, 1.54) is 19.9 Å². The molecule has 0 aromatic heterocycles. The van der Waals surface area contributed by atoms with Crippen LogP contribution in [-0.4, -0.2) is 30.3 Å². The van der Waals surface area contributed by atoms with Crippen LogP contribution >= 0.6 is 0 Å². The van der Waals surface area contributed by atoms with Crippen molar-refractivity contribution >= 4 is 17.7 Å². The Morgan fingerprint density at radius 3 is 2.39 bits per heavy atom. The molecule has 0 aromatic carbocycles. The number of nitrogens with one attached hydrogen (secondary N) is 1. The Kier molecular flexibility index (Phi) is 8.18. The van der Waals surface area contributed by atoms with Gasteiger partial charge in [0.15, 0.2) is 5.78 Å². The van der Waals surface area contributed by atoms with Crippen molar-refractivity contribution in [1.29, 1.82) is 0 Å². The van der Waals surface area contributed by atoms with Gasteiger partial charge in [0.25, 0.3) is 0 Å². The Balaban J connectivity index is 4.36. The van der Waals surface area contributed by atoms with Gasteiger partial charge in [0.1, 0.15) is 6.04 Å². The van der Waals surface area contributed by atoms with Crippen molar-refractivity contribution in [1.82, 2.24) is 5.32 Å². The quantitative estimate of drug-likeness (QED) is 0.419. The van der Waals surface area contributed by atoms with Crippen molar-refractivity contribution in [2.24, 2.45) is 0 Å². The molecule has 0 saturated heterocycles. The van der Waals surface area contributed by atoms with Gasteiger partial charge < -0.3 is 10.1 Å². The van der Waals surface area contributed by atoms with Crippen molar-refractivity contribution < 1.29 is 19.1 Å². The zero-order valence-corrected chi connectivity index (χ0v) is 10.9. The maximum Gasteiger partial charge on any atom is 0.328 e. The van der Waals surface area contributed by atoms with Crippen LogP contribution in [0.1, 0.15) is 27.2 Å². The van der Waals surface area contributed by atoms with Gasteiger partial charge in [0.2, 0.25) is 5.91 Å². The Morgan fingerprint density at radius 1 is 1.22 bits per heavy atom. The van der Waals surface area contributed by atoms with Gasteiger partial charge in [-0.15, -0.1) is 0 Å². The summed E-state index contributed by atoms with van der Waals surface area (Å²) in [7, 11) is 0. The summed E-state index contributed by atoms with van der Waals surface area (Å²) in [5, 5.41) is 2.51. The molecular formula is C13H19NO4. The van der Waals surface area contributed by atoms with Crippen molar-refractivity contribution in [2.75, 3.05) is 6.61 Å². The summed E-state index contributed by atoms with van der Waals surface area (Å²) in [4.78, 5) is 33.1. The molecule has 1 N–H and O–H groups in total. The van der Waals surface area contributed by atoms with Crippen LogP contribution in [0.2, 0.25) is 0 Å². The van der Waals surface area contributed by atoms with Gasteiger partial charge in [-0.3, -0.25) is 9.59 Å². The molecule has 18 heavy (non-hydrogen) atoms. The average molecular weight is 253 g/mol. The Hall–Kier alpha value is -1.91. The zero-order valence-electron chi connectivity index (χ0n) is 10.9. The minimum Gasteiger partial charge on any atom is -0.464 e. The number of allylic oxidation sites excluding steroid dienone is 3. The number of esters is 1. The molecule has 0 aliphatic heterocycles. The SMILES string of the molecule is CCOC(=O)C(C/C=C/C=C/C(C)=O)NC(C)=O. The molecule has 100 valence electrons. The van der Waals surface area contributed by atoms with Crippen LogP contribution in [0, 0.1) is 0 Å². The second kappa shape index (κ2) is 9.15. The largest absolute Gasteiger partial charge is 0.464 e. The van der Waals surface area contributed by atoms with E-state index in [9.17, 15) is 14.4 Å². The van der Waals surface area contributed by atoms with Gasteiger partial charge in [-0.05, 0) is 26.3 Å². The third-order valence-electron chi connectivity index (χ3n) is 1.90. The molecule has 0 heterocycles. The summed E-state index contributed by atoms with van der Waals surface area (Å²) in [5.74, 6) is -0.808. The fraction of sp³-hybridized carbons (Fsp3) is 0.462. The normalized spacial score (nSPS) is 12.6. The molecule has 0 fully saturated rings. The van der Waals surface area contributed by atoms with E-state index in [2.05, 4.69) is 5.32 Å². The number of rotatable bonds is 7. The highest BCUT2D eigenvalue weighted by atomic mass is 16.5. The molecule has 0 saturated carbocycles. The monoisotopic (exact) mass is 253 g/mol. The minimum absolute atomic E-state index is 0.0524. The third-order valence-corrected chi connectivity index (χ3v) is 1.90. The van der Waals surface area contributed by atoms with Gasteiger partial charge in [-0.25, -0.2) is 4.79 Å². The van der Waals surface area contributed by atoms with Crippen molar-refractivity contribution in [3.63, 3.8) is 0 Å². The van der Waals surface area contributed by atoms with Crippen LogP contribution in [-0.2, 0) is 19.1 Å². The first-order valence-corrected chi connectivity index (χ1v) is 5.74. The van der Waals surface area contributed by atoms with Gasteiger partial charge in [0, 0.05) is 6.92 Å². The second-order valence-electron chi connectivity index (χ2n) is 3.64. The molecule has 0 bridgehead atoms. The molecule has 0 rings (SSSR count). The van der Waals surface area contributed by atoms with Crippen LogP contribution in [0.3, 0.4) is 0 Å². The number of carbonyl (C=O) groups excluding carboxylic acids is 3. The van der Waals surface area contributed by atoms with E-state index in [0.717, 1.165) is 0 Å². The summed E-state index contributed by atoms with van der Waals surface area (Å²) in [6.07, 6.45) is 6.65. The predicted molar refractivity (Wildman–Crippen MR) is 67.8 cm³/mol. The summed E-state index contributed by atoms with van der Waals surface area (Å²) < 4.78 is 4.84. The van der Waals surface area contributed by atoms with Gasteiger partial charge >= 0.3 is 5.97 Å². The van der Waals surface area contributed by atoms with Crippen molar-refractivity contribution in [2.45, 2.75) is 33.2 Å². The smallest absolute Gasteiger partial charge is 0.328 e. The van der Waals surface area contributed by atoms with Crippen LogP contribution in [0.5, 0.6) is 0 Å². The fourth-order valence-corrected chi connectivity index (χ4v) is 1.19. The van der Waals surface area contributed by atoms with Crippen molar-refractivity contribution in [3.05, 3.63) is 24.3 Å². The summed E-state index contributed by atoms with van der Waals surface area (Å²) in [6.45, 7) is 4.76. The molecule has 5 nitrogen and oxygen atoms in total. The number of ether oxygens (including phenoxy) is 1. The van der Waals surface area contributed by atoms with E-state index in [1.54, 1.807) is 25.2 Å². The molecular weight excluding hydrogens is 234 g/mol. The lowest BCUT2D eigenvalue weighted by Gasteiger charge is -2.14. The first-order chi connectivity index (χ1) is 8.47. The summed E-state index contributed by atoms with van der Waals surface area (Å²) in [6, 6.07) is -0.690. The van der Waals surface area contributed by atoms with E-state index in [4.69, 9.17) is 4.74 Å². The molecule has 1 unspecified atom stereocenters. The first-order valence-electron chi connectivity index (χ1n) is 5.74. The molecule has 0 spiro atoms. The molecule has 0 aliphatic carbocycles. The second-order valence-corrected chi connectivity index (χ2v) is 3.64. The lowest BCUT2D eigenvalue weighted by Crippen LogP contribution is -2.40. The van der Waals surface area contributed by atoms with Crippen LogP contribution in [0.25, 0.3) is 0 Å². The predicted octanol–water partition coefficient (Wildman–Crippen LogP) is 1.15. The van der Waals surface area contributed by atoms with Gasteiger partial charge in [0.05, 0.1) is 6.61 Å². The summed E-state index contributed by atoms with van der Waals surface area (Å²) >= 11 is 0. The zero-order chi connectivity index (χ0) is 14.0. The molecule has 0 aliphatic rings. The van der Waals surface area contributed by atoms with Gasteiger partial charge in [-0.1, -0.05) is 18.2 Å². The maximum absolute atomic E-state index is 11.5. The minimum atomic E-state index is -0.690. The Labute approximate surface area is 107 Å². The molecule has 5 heteroatoms. The fourth-order valence-electron chi connectivity index (χ4n) is 1.19. The standard InChI is InChI=1S/C13H19NO4/c1-4-18-13(17)12(14-11(3)16)9-7-5-6-8-10(2)15/h5-8,12H,4,9H2,1-3H3,(H,14,16)/b7-5+,8-6+. The van der Waals surface area contributed by atoms with E-state index in [1.807, 2.05) is 0 Å². The van der Waals surface area contributed by atoms with E-state index >= 15 is 0 Å². The molecule has 1 amide bonds. The highest BCUT2D eigenvalue weighted by Crippen LogP contribution is 1.98. The highest BCUT2D eigenvalue weighted by Gasteiger charge is 2.18. The highest BCUT2D eigenvalue weighted by molar-refractivity contribution is 5.87. The number of amides is 1. The van der Waals surface area contributed by atoms with Crippen LogP contribution in [0.15, 0.2) is 24.3 Å². The number of hydrogen-bond acceptors (Lipinski definition) is 4. The Bertz CT molecular complexity index is 358. The molecule has 1 atom stereocenters. The third kappa shape index (κ3) is 8.27. The number of hydrogen-bond donors (Lipinski definition) is 1. The van der Waals surface area contributed by atoms with E-state index in [-0.39, 0.29) is 18.3 Å². The van der Waals surface area contributed by atoms with Crippen LogP contribution in [0.4, 0.5) is 0 Å². The van der Waals surface area contributed by atoms with E-state index in [0.29, 0.717) is 6.42 Å². The number of carbonyl (C=O) groups is 3. The topological polar surface area (TPSA) is 72.5 Å².